The lowest BCUT2D eigenvalue weighted by Crippen LogP contribution is -1.94. The molecule has 124 valence electrons. The molecule has 0 bridgehead atoms. The molecule has 4 aromatic rings. The Morgan fingerprint density at radius 2 is 1.84 bits per heavy atom. The zero-order chi connectivity index (χ0) is 17.2. The zero-order valence-corrected chi connectivity index (χ0v) is 13.9. The van der Waals surface area contributed by atoms with Gasteiger partial charge in [-0.1, -0.05) is 24.3 Å². The van der Waals surface area contributed by atoms with E-state index in [2.05, 4.69) is 9.38 Å². The maximum absolute atomic E-state index is 9.76. The number of aromatic nitrogens is 2. The van der Waals surface area contributed by atoms with Crippen molar-refractivity contribution in [2.24, 2.45) is 0 Å². The first-order chi connectivity index (χ1) is 12.2. The van der Waals surface area contributed by atoms with Gasteiger partial charge in [0, 0.05) is 17.3 Å². The molecule has 0 unspecified atom stereocenters. The summed E-state index contributed by atoms with van der Waals surface area (Å²) >= 11 is 0. The molecule has 0 saturated carbocycles. The summed E-state index contributed by atoms with van der Waals surface area (Å²) < 4.78 is 7.67. The Hall–Kier alpha value is -3.27. The normalized spacial score (nSPS) is 10.9. The van der Waals surface area contributed by atoms with Gasteiger partial charge in [0.05, 0.1) is 29.7 Å². The van der Waals surface area contributed by atoms with Crippen molar-refractivity contribution in [3.63, 3.8) is 0 Å². The number of phenolic OH excluding ortho intramolecular Hbond substituents is 1. The zero-order valence-electron chi connectivity index (χ0n) is 13.9. The van der Waals surface area contributed by atoms with E-state index in [9.17, 15) is 5.11 Å². The third kappa shape index (κ3) is 2.94. The van der Waals surface area contributed by atoms with Crippen molar-refractivity contribution in [3.8, 4) is 34.0 Å². The van der Waals surface area contributed by atoms with Crippen molar-refractivity contribution in [2.75, 3.05) is 6.61 Å². The van der Waals surface area contributed by atoms with Gasteiger partial charge in [0.1, 0.15) is 11.5 Å². The van der Waals surface area contributed by atoms with E-state index in [0.29, 0.717) is 6.61 Å². The van der Waals surface area contributed by atoms with Gasteiger partial charge in [-0.2, -0.15) is 0 Å². The number of hydrogen-bond acceptors (Lipinski definition) is 3. The summed E-state index contributed by atoms with van der Waals surface area (Å²) in [5.41, 5.74) is 4.84. The second kappa shape index (κ2) is 6.32. The minimum absolute atomic E-state index is 0.256. The molecule has 0 fully saturated rings. The Labute approximate surface area is 146 Å². The van der Waals surface area contributed by atoms with Crippen LogP contribution in [0.5, 0.6) is 11.5 Å². The maximum Gasteiger partial charge on any atom is 0.119 e. The molecule has 4 heteroatoms. The molecule has 0 aliphatic heterocycles. The fraction of sp³-hybridized carbons (Fsp3) is 0.0952. The van der Waals surface area contributed by atoms with Crippen molar-refractivity contribution in [2.45, 2.75) is 6.92 Å². The minimum atomic E-state index is 0.256. The molecular formula is C21H18N2O2. The fourth-order valence-electron chi connectivity index (χ4n) is 2.97. The predicted molar refractivity (Wildman–Crippen MR) is 98.9 cm³/mol. The number of hydrogen-bond donors (Lipinski definition) is 1. The van der Waals surface area contributed by atoms with E-state index in [1.54, 1.807) is 12.1 Å². The quantitative estimate of drug-likeness (QED) is 0.586. The average Bonchev–Trinajstić information content (AvgIpc) is 3.05. The van der Waals surface area contributed by atoms with Gasteiger partial charge >= 0.3 is 0 Å². The van der Waals surface area contributed by atoms with Crippen molar-refractivity contribution < 1.29 is 9.84 Å². The summed E-state index contributed by atoms with van der Waals surface area (Å²) in [6.45, 7) is 2.60. The van der Waals surface area contributed by atoms with Crippen LogP contribution in [0.25, 0.3) is 28.0 Å². The highest BCUT2D eigenvalue weighted by molar-refractivity contribution is 5.70. The summed E-state index contributed by atoms with van der Waals surface area (Å²) in [7, 11) is 0. The smallest absolute Gasteiger partial charge is 0.119 e. The maximum atomic E-state index is 9.76. The van der Waals surface area contributed by atoms with Crippen LogP contribution in [0, 0.1) is 0 Å². The van der Waals surface area contributed by atoms with E-state index in [-0.39, 0.29) is 5.75 Å². The van der Waals surface area contributed by atoms with Crippen molar-refractivity contribution in [1.29, 1.82) is 0 Å². The number of nitrogens with zero attached hydrogens (tertiary/aromatic N) is 2. The lowest BCUT2D eigenvalue weighted by atomic mass is 10.1. The highest BCUT2D eigenvalue weighted by Gasteiger charge is 2.08. The highest BCUT2D eigenvalue weighted by Crippen LogP contribution is 2.28. The Bertz CT molecular complexity index is 1040. The number of phenols is 1. The molecule has 0 amide bonds. The molecule has 2 aromatic carbocycles. The monoisotopic (exact) mass is 330 g/mol. The first kappa shape index (κ1) is 15.3. The number of fused-ring (bicyclic) bond motifs is 1. The van der Waals surface area contributed by atoms with Crippen LogP contribution in [0.2, 0.25) is 0 Å². The summed E-state index contributed by atoms with van der Waals surface area (Å²) in [6.07, 6.45) is 3.87. The molecule has 4 nitrogen and oxygen atoms in total. The van der Waals surface area contributed by atoms with Crippen LogP contribution in [0.15, 0.2) is 73.1 Å². The fourth-order valence-corrected chi connectivity index (χ4v) is 2.97. The van der Waals surface area contributed by atoms with Gasteiger partial charge in [-0.3, -0.25) is 4.98 Å². The van der Waals surface area contributed by atoms with E-state index in [4.69, 9.17) is 4.74 Å². The topological polar surface area (TPSA) is 46.8 Å². The van der Waals surface area contributed by atoms with Gasteiger partial charge in [0.15, 0.2) is 0 Å². The minimum Gasteiger partial charge on any atom is -0.508 e. The molecule has 0 aliphatic rings. The third-order valence-corrected chi connectivity index (χ3v) is 4.12. The molecule has 2 heterocycles. The first-order valence-electron chi connectivity index (χ1n) is 8.24. The van der Waals surface area contributed by atoms with E-state index in [1.165, 1.54) is 0 Å². The number of benzene rings is 2. The Kier molecular flexibility index (Phi) is 3.86. The molecule has 0 aliphatic carbocycles. The molecule has 1 N–H and O–H groups in total. The van der Waals surface area contributed by atoms with Gasteiger partial charge in [-0.25, -0.2) is 0 Å². The lowest BCUT2D eigenvalue weighted by Gasteiger charge is -2.08. The van der Waals surface area contributed by atoms with Gasteiger partial charge < -0.3 is 14.2 Å². The summed E-state index contributed by atoms with van der Waals surface area (Å²) in [6, 6.07) is 19.2. The van der Waals surface area contributed by atoms with Crippen LogP contribution >= 0.6 is 0 Å². The van der Waals surface area contributed by atoms with Gasteiger partial charge in [-0.05, 0) is 43.3 Å². The number of aromatic hydroxyl groups is 1. The summed E-state index contributed by atoms with van der Waals surface area (Å²) in [5, 5.41) is 9.76. The molecule has 4 rings (SSSR count). The van der Waals surface area contributed by atoms with E-state index < -0.39 is 0 Å². The number of rotatable bonds is 4. The van der Waals surface area contributed by atoms with Crippen LogP contribution in [-0.2, 0) is 0 Å². The first-order valence-corrected chi connectivity index (χ1v) is 8.24. The molecule has 0 spiro atoms. The van der Waals surface area contributed by atoms with Crippen molar-refractivity contribution >= 4 is 5.52 Å². The standard InChI is InChI=1S/C21H18N2O2/c1-2-25-19-8-4-5-15(12-19)20-14-23-17(13-22-20)9-10-21(23)16-6-3-7-18(24)11-16/h3-14,24H,2H2,1H3. The molecule has 25 heavy (non-hydrogen) atoms. The van der Waals surface area contributed by atoms with E-state index in [0.717, 1.165) is 33.8 Å². The van der Waals surface area contributed by atoms with Crippen LogP contribution in [0.3, 0.4) is 0 Å². The third-order valence-electron chi connectivity index (χ3n) is 4.12. The predicted octanol–water partition coefficient (Wildman–Crippen LogP) is 4.77. The van der Waals surface area contributed by atoms with Gasteiger partial charge in [0.25, 0.3) is 0 Å². The van der Waals surface area contributed by atoms with Crippen LogP contribution in [0.4, 0.5) is 0 Å². The van der Waals surface area contributed by atoms with E-state index in [1.807, 2.05) is 67.8 Å². The molecule has 0 atom stereocenters. The Morgan fingerprint density at radius 3 is 2.68 bits per heavy atom. The van der Waals surface area contributed by atoms with E-state index >= 15 is 0 Å². The second-order valence-electron chi connectivity index (χ2n) is 5.80. The largest absolute Gasteiger partial charge is 0.508 e. The Morgan fingerprint density at radius 1 is 1.00 bits per heavy atom. The molecule has 0 saturated heterocycles. The lowest BCUT2D eigenvalue weighted by molar-refractivity contribution is 0.340. The van der Waals surface area contributed by atoms with Crippen LogP contribution in [-0.4, -0.2) is 21.1 Å². The Balaban J connectivity index is 1.82. The van der Waals surface area contributed by atoms with Crippen molar-refractivity contribution in [1.82, 2.24) is 9.38 Å². The van der Waals surface area contributed by atoms with Gasteiger partial charge in [0.2, 0.25) is 0 Å². The molecule has 2 aromatic heterocycles. The average molecular weight is 330 g/mol. The SMILES string of the molecule is CCOc1cccc(-c2cn3c(-c4cccc(O)c4)ccc3cn2)c1. The second-order valence-corrected chi connectivity index (χ2v) is 5.80. The van der Waals surface area contributed by atoms with Crippen LogP contribution in [0.1, 0.15) is 6.92 Å². The summed E-state index contributed by atoms with van der Waals surface area (Å²) in [4.78, 5) is 4.58. The number of ether oxygens (including phenoxy) is 1. The van der Waals surface area contributed by atoms with Gasteiger partial charge in [-0.15, -0.1) is 0 Å². The summed E-state index contributed by atoms with van der Waals surface area (Å²) in [5.74, 6) is 1.09. The molecule has 0 radical (unpaired) electrons. The van der Waals surface area contributed by atoms with Crippen molar-refractivity contribution in [3.05, 3.63) is 73.1 Å². The van der Waals surface area contributed by atoms with Crippen LogP contribution < -0.4 is 4.74 Å². The molecular weight excluding hydrogens is 312 g/mol. The highest BCUT2D eigenvalue weighted by atomic mass is 16.5.